The fourth-order valence-corrected chi connectivity index (χ4v) is 4.07. The van der Waals surface area contributed by atoms with Crippen LogP contribution in [0.4, 0.5) is 0 Å². The van der Waals surface area contributed by atoms with Gasteiger partial charge in [0.25, 0.3) is 0 Å². The van der Waals surface area contributed by atoms with Crippen molar-refractivity contribution >= 4 is 43.8 Å². The molecule has 3 heterocycles. The molecule has 0 unspecified atom stereocenters. The Morgan fingerprint density at radius 3 is 2.46 bits per heavy atom. The zero-order valence-corrected chi connectivity index (χ0v) is 17.6. The third-order valence-corrected chi connectivity index (χ3v) is 5.99. The van der Waals surface area contributed by atoms with Crippen LogP contribution in [0.5, 0.6) is 0 Å². The first kappa shape index (κ1) is 17.5. The Balaban J connectivity index is 1.58. The molecule has 0 aliphatic carbocycles. The van der Waals surface area contributed by atoms with Crippen molar-refractivity contribution in [2.75, 3.05) is 0 Å². The molecule has 0 aliphatic rings. The van der Waals surface area contributed by atoms with Gasteiger partial charge in [0.15, 0.2) is 5.69 Å². The lowest BCUT2D eigenvalue weighted by atomic mass is 10.2. The minimum Gasteiger partial charge on any atom is -0.217 e. The lowest BCUT2D eigenvalue weighted by Crippen LogP contribution is -1.99. The molecule has 7 nitrogen and oxygen atoms in total. The van der Waals surface area contributed by atoms with E-state index in [-0.39, 0.29) is 0 Å². The standard InChI is InChI=1S/C18H11BrClN7S/c1-10-15(21-25-26(10)14-8-6-13(20)7-9-14)16-22-23-18-27(16)24-17(28-18)11-2-4-12(19)5-3-11/h2-9H,1H3. The van der Waals surface area contributed by atoms with Gasteiger partial charge in [-0.1, -0.05) is 56.2 Å². The highest BCUT2D eigenvalue weighted by atomic mass is 79.9. The molecule has 138 valence electrons. The summed E-state index contributed by atoms with van der Waals surface area (Å²) in [6.45, 7) is 1.94. The van der Waals surface area contributed by atoms with E-state index >= 15 is 0 Å². The fourth-order valence-electron chi connectivity index (χ4n) is 2.84. The molecule has 0 radical (unpaired) electrons. The van der Waals surface area contributed by atoms with E-state index in [1.807, 2.05) is 55.5 Å². The Labute approximate surface area is 176 Å². The van der Waals surface area contributed by atoms with Crippen LogP contribution in [-0.4, -0.2) is 34.8 Å². The quantitative estimate of drug-likeness (QED) is 0.376. The normalized spacial score (nSPS) is 11.4. The summed E-state index contributed by atoms with van der Waals surface area (Å²) in [5, 5.41) is 23.3. The van der Waals surface area contributed by atoms with Gasteiger partial charge in [-0.25, -0.2) is 4.68 Å². The Kier molecular flexibility index (Phi) is 4.22. The van der Waals surface area contributed by atoms with E-state index in [2.05, 4.69) is 41.5 Å². The third-order valence-electron chi connectivity index (χ3n) is 4.26. The maximum Gasteiger partial charge on any atom is 0.235 e. The molecule has 2 aromatic carbocycles. The average molecular weight is 473 g/mol. The Hall–Kier alpha value is -2.62. The van der Waals surface area contributed by atoms with Gasteiger partial charge in [0.1, 0.15) is 5.01 Å². The number of nitrogens with zero attached hydrogens (tertiary/aromatic N) is 7. The minimum absolute atomic E-state index is 0.562. The van der Waals surface area contributed by atoms with E-state index in [0.29, 0.717) is 21.5 Å². The van der Waals surface area contributed by atoms with Crippen LogP contribution in [0.3, 0.4) is 0 Å². The molecule has 28 heavy (non-hydrogen) atoms. The maximum atomic E-state index is 5.98. The number of hydrogen-bond acceptors (Lipinski definition) is 6. The minimum atomic E-state index is 0.562. The van der Waals surface area contributed by atoms with Gasteiger partial charge in [0.2, 0.25) is 10.8 Å². The zero-order valence-electron chi connectivity index (χ0n) is 14.4. The van der Waals surface area contributed by atoms with Crippen LogP contribution < -0.4 is 0 Å². The van der Waals surface area contributed by atoms with Gasteiger partial charge in [-0.05, 0) is 43.3 Å². The predicted molar refractivity (Wildman–Crippen MR) is 112 cm³/mol. The fraction of sp³-hybridized carbons (Fsp3) is 0.0556. The van der Waals surface area contributed by atoms with Crippen LogP contribution in [0.1, 0.15) is 5.69 Å². The second-order valence-corrected chi connectivity index (χ2v) is 8.35. The van der Waals surface area contributed by atoms with E-state index < -0.39 is 0 Å². The van der Waals surface area contributed by atoms with Crippen molar-refractivity contribution in [1.82, 2.24) is 34.8 Å². The first-order chi connectivity index (χ1) is 13.6. The largest absolute Gasteiger partial charge is 0.235 e. The first-order valence-electron chi connectivity index (χ1n) is 8.27. The van der Waals surface area contributed by atoms with Gasteiger partial charge in [-0.15, -0.1) is 15.3 Å². The van der Waals surface area contributed by atoms with Crippen LogP contribution >= 0.6 is 38.9 Å². The van der Waals surface area contributed by atoms with Gasteiger partial charge in [0, 0.05) is 15.1 Å². The van der Waals surface area contributed by atoms with E-state index in [1.54, 1.807) is 9.20 Å². The van der Waals surface area contributed by atoms with E-state index in [4.69, 9.17) is 11.6 Å². The molecule has 0 amide bonds. The van der Waals surface area contributed by atoms with Crippen LogP contribution in [0.2, 0.25) is 5.02 Å². The smallest absolute Gasteiger partial charge is 0.217 e. The summed E-state index contributed by atoms with van der Waals surface area (Å²) in [6.07, 6.45) is 0. The summed E-state index contributed by atoms with van der Waals surface area (Å²) in [4.78, 5) is 0.702. The molecule has 0 saturated heterocycles. The van der Waals surface area contributed by atoms with Crippen LogP contribution in [-0.2, 0) is 0 Å². The van der Waals surface area contributed by atoms with Crippen molar-refractivity contribution in [2.24, 2.45) is 0 Å². The van der Waals surface area contributed by atoms with Crippen molar-refractivity contribution < 1.29 is 0 Å². The molecule has 0 atom stereocenters. The molecule has 0 spiro atoms. The SMILES string of the molecule is Cc1c(-c2nnc3sc(-c4ccc(Br)cc4)nn23)nnn1-c1ccc(Cl)cc1. The summed E-state index contributed by atoms with van der Waals surface area (Å²) in [5.41, 5.74) is 3.37. The van der Waals surface area contributed by atoms with E-state index in [1.165, 1.54) is 11.3 Å². The summed E-state index contributed by atoms with van der Waals surface area (Å²) in [6, 6.07) is 15.4. The Morgan fingerprint density at radius 1 is 0.964 bits per heavy atom. The predicted octanol–water partition coefficient (Wildman–Crippen LogP) is 4.82. The lowest BCUT2D eigenvalue weighted by molar-refractivity contribution is 0.785. The molecule has 3 aromatic heterocycles. The highest BCUT2D eigenvalue weighted by Crippen LogP contribution is 2.29. The monoisotopic (exact) mass is 471 g/mol. The van der Waals surface area contributed by atoms with Crippen LogP contribution in [0, 0.1) is 6.92 Å². The molecule has 5 aromatic rings. The molecule has 5 rings (SSSR count). The van der Waals surface area contributed by atoms with Gasteiger partial charge in [-0.3, -0.25) is 0 Å². The van der Waals surface area contributed by atoms with Gasteiger partial charge >= 0.3 is 0 Å². The summed E-state index contributed by atoms with van der Waals surface area (Å²) in [7, 11) is 0. The molecule has 0 fully saturated rings. The number of fused-ring (bicyclic) bond motifs is 1. The number of aromatic nitrogens is 7. The lowest BCUT2D eigenvalue weighted by Gasteiger charge is -2.03. The summed E-state index contributed by atoms with van der Waals surface area (Å²) in [5.74, 6) is 0.562. The Morgan fingerprint density at radius 2 is 1.71 bits per heavy atom. The van der Waals surface area contributed by atoms with E-state index in [9.17, 15) is 0 Å². The van der Waals surface area contributed by atoms with E-state index in [0.717, 1.165) is 26.4 Å². The van der Waals surface area contributed by atoms with Gasteiger partial charge < -0.3 is 0 Å². The number of rotatable bonds is 3. The summed E-state index contributed by atoms with van der Waals surface area (Å²) >= 11 is 10.9. The van der Waals surface area contributed by atoms with Crippen molar-refractivity contribution in [3.05, 3.63) is 63.7 Å². The molecule has 0 bridgehead atoms. The second kappa shape index (κ2) is 6.77. The molecule has 0 saturated carbocycles. The number of benzene rings is 2. The van der Waals surface area contributed by atoms with Crippen molar-refractivity contribution in [2.45, 2.75) is 6.92 Å². The number of hydrogen-bond donors (Lipinski definition) is 0. The van der Waals surface area contributed by atoms with Crippen molar-refractivity contribution in [1.29, 1.82) is 0 Å². The highest BCUT2D eigenvalue weighted by Gasteiger charge is 2.20. The molecular formula is C18H11BrClN7S. The van der Waals surface area contributed by atoms with Gasteiger partial charge in [-0.2, -0.15) is 9.61 Å². The van der Waals surface area contributed by atoms with Gasteiger partial charge in [0.05, 0.1) is 11.4 Å². The molecule has 0 N–H and O–H groups in total. The maximum absolute atomic E-state index is 5.98. The first-order valence-corrected chi connectivity index (χ1v) is 10.3. The second-order valence-electron chi connectivity index (χ2n) is 6.04. The summed E-state index contributed by atoms with van der Waals surface area (Å²) < 4.78 is 4.48. The molecule has 10 heteroatoms. The topological polar surface area (TPSA) is 73.8 Å². The number of halogens is 2. The van der Waals surface area contributed by atoms with Crippen LogP contribution in [0.25, 0.3) is 32.7 Å². The zero-order chi connectivity index (χ0) is 19.3. The Bertz CT molecular complexity index is 1290. The average Bonchev–Trinajstić information content (AvgIpc) is 3.38. The third kappa shape index (κ3) is 2.92. The molecular weight excluding hydrogens is 462 g/mol. The van der Waals surface area contributed by atoms with Crippen LogP contribution in [0.15, 0.2) is 53.0 Å². The highest BCUT2D eigenvalue weighted by molar-refractivity contribution is 9.10. The van der Waals surface area contributed by atoms with Crippen molar-refractivity contribution in [3.8, 4) is 27.8 Å². The molecule has 0 aliphatic heterocycles. The van der Waals surface area contributed by atoms with Crippen molar-refractivity contribution in [3.63, 3.8) is 0 Å².